The predicted octanol–water partition coefficient (Wildman–Crippen LogP) is 2.66. The Morgan fingerprint density at radius 1 is 1.60 bits per heavy atom. The number of carbonyl (C=O) groups is 1. The van der Waals surface area contributed by atoms with Crippen molar-refractivity contribution in [2.24, 2.45) is 0 Å². The third-order valence-electron chi connectivity index (χ3n) is 3.35. The van der Waals surface area contributed by atoms with Crippen LogP contribution in [0, 0.1) is 10.1 Å². The van der Waals surface area contributed by atoms with Gasteiger partial charge in [-0.15, -0.1) is 0 Å². The maximum Gasteiger partial charge on any atom is 0.288 e. The van der Waals surface area contributed by atoms with Crippen molar-refractivity contribution in [3.8, 4) is 0 Å². The second kappa shape index (κ2) is 6.41. The summed E-state index contributed by atoms with van der Waals surface area (Å²) in [6.07, 6.45) is 6.10. The monoisotopic (exact) mass is 315 g/mol. The molecule has 0 bridgehead atoms. The number of amides is 1. The van der Waals surface area contributed by atoms with Crippen molar-refractivity contribution in [3.05, 3.63) is 33.1 Å². The first kappa shape index (κ1) is 15.1. The molecule has 0 aliphatic heterocycles. The van der Waals surface area contributed by atoms with Gasteiger partial charge in [0.2, 0.25) is 0 Å². The zero-order valence-electron chi connectivity index (χ0n) is 10.8. The van der Waals surface area contributed by atoms with Gasteiger partial charge in [-0.1, -0.05) is 18.0 Å². The van der Waals surface area contributed by atoms with E-state index in [0.717, 1.165) is 31.5 Å². The Morgan fingerprint density at radius 2 is 2.35 bits per heavy atom. The first-order valence-corrected chi connectivity index (χ1v) is 7.83. The number of pyridine rings is 1. The van der Waals surface area contributed by atoms with E-state index in [2.05, 4.69) is 10.3 Å². The summed E-state index contributed by atoms with van der Waals surface area (Å²) in [6, 6.07) is 1.24. The van der Waals surface area contributed by atoms with Gasteiger partial charge in [-0.2, -0.15) is 11.8 Å². The maximum absolute atomic E-state index is 12.2. The summed E-state index contributed by atoms with van der Waals surface area (Å²) in [5.41, 5.74) is -0.194. The molecule has 1 fully saturated rings. The van der Waals surface area contributed by atoms with E-state index in [1.807, 2.05) is 6.26 Å². The molecule has 1 aromatic heterocycles. The first-order valence-electron chi connectivity index (χ1n) is 6.16. The molecule has 1 aliphatic rings. The minimum Gasteiger partial charge on any atom is -0.348 e. The van der Waals surface area contributed by atoms with Gasteiger partial charge in [0.05, 0.1) is 10.5 Å². The highest BCUT2D eigenvalue weighted by Crippen LogP contribution is 2.29. The highest BCUT2D eigenvalue weighted by Gasteiger charge is 2.29. The van der Waals surface area contributed by atoms with E-state index in [-0.39, 0.29) is 22.4 Å². The number of nitro groups is 1. The molecule has 0 aromatic carbocycles. The molecule has 2 unspecified atom stereocenters. The number of halogens is 1. The largest absolute Gasteiger partial charge is 0.348 e. The van der Waals surface area contributed by atoms with Gasteiger partial charge in [0.15, 0.2) is 0 Å². The molecule has 0 spiro atoms. The van der Waals surface area contributed by atoms with Crippen LogP contribution >= 0.6 is 23.4 Å². The topological polar surface area (TPSA) is 85.1 Å². The minimum atomic E-state index is -0.597. The van der Waals surface area contributed by atoms with E-state index in [1.54, 1.807) is 11.8 Å². The standard InChI is InChI=1S/C12H14ClN3O3S/c1-20-10-4-2-3-9(10)15-12(17)8-5-7(16(18)19)6-14-11(8)13/h5-6,9-10H,2-4H2,1H3,(H,15,17). The van der Waals surface area contributed by atoms with E-state index >= 15 is 0 Å². The van der Waals surface area contributed by atoms with Crippen LogP contribution in [0.1, 0.15) is 29.6 Å². The van der Waals surface area contributed by atoms with Gasteiger partial charge in [-0.25, -0.2) is 4.98 Å². The van der Waals surface area contributed by atoms with E-state index in [1.165, 1.54) is 0 Å². The second-order valence-corrected chi connectivity index (χ2v) is 6.01. The van der Waals surface area contributed by atoms with Crippen LogP contribution in [0.5, 0.6) is 0 Å². The van der Waals surface area contributed by atoms with E-state index in [0.29, 0.717) is 5.25 Å². The number of carbonyl (C=O) groups excluding carboxylic acids is 1. The smallest absolute Gasteiger partial charge is 0.288 e. The number of aromatic nitrogens is 1. The molecule has 1 N–H and O–H groups in total. The maximum atomic E-state index is 12.2. The van der Waals surface area contributed by atoms with E-state index in [9.17, 15) is 14.9 Å². The summed E-state index contributed by atoms with van der Waals surface area (Å²) < 4.78 is 0. The number of thioether (sulfide) groups is 1. The zero-order valence-corrected chi connectivity index (χ0v) is 12.4. The minimum absolute atomic E-state index is 0.0215. The molecular weight excluding hydrogens is 302 g/mol. The molecule has 1 heterocycles. The van der Waals surface area contributed by atoms with Gasteiger partial charge in [0.1, 0.15) is 11.3 Å². The lowest BCUT2D eigenvalue weighted by Gasteiger charge is -2.19. The molecule has 1 saturated carbocycles. The number of hydrogen-bond acceptors (Lipinski definition) is 5. The van der Waals surface area contributed by atoms with Crippen LogP contribution in [0.15, 0.2) is 12.3 Å². The van der Waals surface area contributed by atoms with Crippen molar-refractivity contribution >= 4 is 35.0 Å². The Balaban J connectivity index is 2.16. The fraction of sp³-hybridized carbons (Fsp3) is 0.500. The summed E-state index contributed by atoms with van der Waals surface area (Å²) in [6.45, 7) is 0. The average molecular weight is 316 g/mol. The Morgan fingerprint density at radius 3 is 3.00 bits per heavy atom. The van der Waals surface area contributed by atoms with Crippen molar-refractivity contribution in [1.82, 2.24) is 10.3 Å². The summed E-state index contributed by atoms with van der Waals surface area (Å²) in [4.78, 5) is 26.0. The molecule has 0 radical (unpaired) electrons. The highest BCUT2D eigenvalue weighted by molar-refractivity contribution is 7.99. The highest BCUT2D eigenvalue weighted by atomic mass is 35.5. The molecule has 6 nitrogen and oxygen atoms in total. The molecule has 1 aliphatic carbocycles. The lowest BCUT2D eigenvalue weighted by molar-refractivity contribution is -0.385. The van der Waals surface area contributed by atoms with Crippen LogP contribution in [0.3, 0.4) is 0 Å². The predicted molar refractivity (Wildman–Crippen MR) is 78.3 cm³/mol. The zero-order chi connectivity index (χ0) is 14.7. The fourth-order valence-electron chi connectivity index (χ4n) is 2.32. The summed E-state index contributed by atoms with van der Waals surface area (Å²) in [5, 5.41) is 14.0. The molecule has 2 atom stereocenters. The summed E-state index contributed by atoms with van der Waals surface area (Å²) in [5.74, 6) is -0.405. The van der Waals surface area contributed by atoms with E-state index < -0.39 is 10.8 Å². The van der Waals surface area contributed by atoms with Gasteiger partial charge >= 0.3 is 0 Å². The average Bonchev–Trinajstić information content (AvgIpc) is 2.86. The summed E-state index contributed by atoms with van der Waals surface area (Å²) >= 11 is 7.57. The van der Waals surface area contributed by atoms with Gasteiger partial charge in [-0.05, 0) is 19.1 Å². The van der Waals surface area contributed by atoms with Gasteiger partial charge in [0, 0.05) is 17.4 Å². The van der Waals surface area contributed by atoms with E-state index in [4.69, 9.17) is 11.6 Å². The third kappa shape index (κ3) is 3.21. The van der Waals surface area contributed by atoms with Gasteiger partial charge < -0.3 is 5.32 Å². The number of hydrogen-bond donors (Lipinski definition) is 1. The van der Waals surface area contributed by atoms with Crippen molar-refractivity contribution in [3.63, 3.8) is 0 Å². The fourth-order valence-corrected chi connectivity index (χ4v) is 3.44. The number of rotatable bonds is 4. The lowest BCUT2D eigenvalue weighted by atomic mass is 10.2. The van der Waals surface area contributed by atoms with Crippen molar-refractivity contribution in [2.75, 3.05) is 6.26 Å². The number of nitrogens with one attached hydrogen (secondary N) is 1. The third-order valence-corrected chi connectivity index (χ3v) is 4.82. The molecule has 0 saturated heterocycles. The molecule has 1 aromatic rings. The number of nitrogens with zero attached hydrogens (tertiary/aromatic N) is 2. The normalized spacial score (nSPS) is 21.7. The Kier molecular flexibility index (Phi) is 4.82. The van der Waals surface area contributed by atoms with Crippen molar-refractivity contribution in [2.45, 2.75) is 30.6 Å². The van der Waals surface area contributed by atoms with Crippen molar-refractivity contribution in [1.29, 1.82) is 0 Å². The molecule has 8 heteroatoms. The molecule has 1 amide bonds. The second-order valence-electron chi connectivity index (χ2n) is 4.57. The van der Waals surface area contributed by atoms with Crippen LogP contribution in [0.25, 0.3) is 0 Å². The molecular formula is C12H14ClN3O3S. The Labute approximate surface area is 125 Å². The SMILES string of the molecule is CSC1CCCC1NC(=O)c1cc([N+](=O)[O-])cnc1Cl. The van der Waals surface area contributed by atoms with Gasteiger partial charge in [0.25, 0.3) is 11.6 Å². The molecule has 108 valence electrons. The quantitative estimate of drug-likeness (QED) is 0.524. The van der Waals surface area contributed by atoms with Gasteiger partial charge in [-0.3, -0.25) is 14.9 Å². The molecule has 20 heavy (non-hydrogen) atoms. The van der Waals surface area contributed by atoms with Crippen LogP contribution in [0.4, 0.5) is 5.69 Å². The lowest BCUT2D eigenvalue weighted by Crippen LogP contribution is -2.38. The van der Waals surface area contributed by atoms with Crippen LogP contribution in [0.2, 0.25) is 5.15 Å². The Bertz CT molecular complexity index is 541. The van der Waals surface area contributed by atoms with Crippen molar-refractivity contribution < 1.29 is 9.72 Å². The van der Waals surface area contributed by atoms with Crippen LogP contribution < -0.4 is 5.32 Å². The van der Waals surface area contributed by atoms with Crippen LogP contribution in [-0.2, 0) is 0 Å². The molecule has 2 rings (SSSR count). The Hall–Kier alpha value is -1.34. The van der Waals surface area contributed by atoms with Crippen LogP contribution in [-0.4, -0.2) is 33.4 Å². The first-order chi connectivity index (χ1) is 9.52. The summed E-state index contributed by atoms with van der Waals surface area (Å²) in [7, 11) is 0.